The molecule has 5 amide bonds. The summed E-state index contributed by atoms with van der Waals surface area (Å²) in [6.07, 6.45) is 7.43. The van der Waals surface area contributed by atoms with E-state index in [1.165, 1.54) is 0 Å². The number of hydrogen-bond acceptors (Lipinski definition) is 12. The van der Waals surface area contributed by atoms with Crippen LogP contribution in [0.4, 0.5) is 11.5 Å². The first-order valence-electron chi connectivity index (χ1n) is 20.2. The number of likely N-dealkylation sites (tertiary alicyclic amines) is 1. The molecule has 1 aromatic heterocycles. The monoisotopic (exact) mass is 807 g/mol. The molecule has 0 spiro atoms. The maximum absolute atomic E-state index is 13.9. The second kappa shape index (κ2) is 16.7. The number of amides is 5. The van der Waals surface area contributed by atoms with Crippen LogP contribution in [0, 0.1) is 17.2 Å². The van der Waals surface area contributed by atoms with E-state index in [4.69, 9.17) is 22.1 Å². The Balaban J connectivity index is 0.981. The lowest BCUT2D eigenvalue weighted by molar-refractivity contribution is -0.136. The Morgan fingerprint density at radius 3 is 2.36 bits per heavy atom. The topological polar surface area (TPSA) is 195 Å². The molecular weight excluding hydrogens is 762 g/mol. The SMILES string of the molecule is N#Cc1ccc(OC2CCC(N(c3ccc4c(c3)C(=O)N([C@H]3CCC(=O)NC3=O)C4=O)[C@H]3CCCN(CC4CCN(c5ccc(C(N)=O)nn5)CC4)C3)CC2)cc1Cl. The number of carbonyl (C=O) groups excluding carboxylic acids is 5. The van der Waals surface area contributed by atoms with Gasteiger partial charge in [-0.05, 0) is 113 Å². The molecule has 1 saturated carbocycles. The molecule has 3 N–H and O–H groups in total. The van der Waals surface area contributed by atoms with Crippen molar-refractivity contribution < 1.29 is 28.7 Å². The van der Waals surface area contributed by atoms with Crippen molar-refractivity contribution in [2.75, 3.05) is 42.5 Å². The van der Waals surface area contributed by atoms with Gasteiger partial charge in [0.1, 0.15) is 17.9 Å². The summed E-state index contributed by atoms with van der Waals surface area (Å²) in [6, 6.07) is 15.4. The molecule has 1 aliphatic carbocycles. The van der Waals surface area contributed by atoms with Crippen LogP contribution in [0.2, 0.25) is 5.02 Å². The van der Waals surface area contributed by atoms with E-state index < -0.39 is 35.6 Å². The van der Waals surface area contributed by atoms with E-state index in [2.05, 4.69) is 36.3 Å². The zero-order valence-corrected chi connectivity index (χ0v) is 32.9. The smallest absolute Gasteiger partial charge is 0.269 e. The number of carbonyl (C=O) groups is 5. The number of aromatic nitrogens is 2. The van der Waals surface area contributed by atoms with Gasteiger partial charge in [0.15, 0.2) is 11.5 Å². The summed E-state index contributed by atoms with van der Waals surface area (Å²) >= 11 is 6.30. The van der Waals surface area contributed by atoms with Crippen LogP contribution in [0.15, 0.2) is 48.5 Å². The summed E-state index contributed by atoms with van der Waals surface area (Å²) in [5.74, 6) is -0.783. The molecule has 5 aliphatic rings. The molecule has 0 radical (unpaired) electrons. The number of rotatable bonds is 10. The van der Waals surface area contributed by atoms with Crippen molar-refractivity contribution in [3.63, 3.8) is 0 Å². The van der Waals surface area contributed by atoms with Gasteiger partial charge in [-0.2, -0.15) is 5.26 Å². The van der Waals surface area contributed by atoms with Gasteiger partial charge in [0.05, 0.1) is 27.8 Å². The average Bonchev–Trinajstić information content (AvgIpc) is 3.47. The van der Waals surface area contributed by atoms with E-state index in [-0.39, 0.29) is 47.9 Å². The number of hydrogen-bond donors (Lipinski definition) is 2. The molecule has 0 bridgehead atoms. The normalized spacial score (nSPS) is 24.3. The van der Waals surface area contributed by atoms with Crippen LogP contribution in [0.3, 0.4) is 0 Å². The van der Waals surface area contributed by atoms with E-state index in [0.717, 1.165) is 100 Å². The van der Waals surface area contributed by atoms with Crippen LogP contribution in [-0.2, 0) is 9.59 Å². The van der Waals surface area contributed by atoms with Gasteiger partial charge in [0, 0.05) is 56.4 Å². The van der Waals surface area contributed by atoms with E-state index in [1.807, 2.05) is 12.1 Å². The van der Waals surface area contributed by atoms with Crippen molar-refractivity contribution in [3.8, 4) is 11.8 Å². The molecule has 3 aromatic rings. The molecule has 302 valence electrons. The number of benzene rings is 2. The van der Waals surface area contributed by atoms with Crippen molar-refractivity contribution in [3.05, 3.63) is 75.9 Å². The number of fused-ring (bicyclic) bond motifs is 1. The molecular formula is C42H46ClN9O6. The highest BCUT2D eigenvalue weighted by Crippen LogP contribution is 2.38. The minimum absolute atomic E-state index is 0.0239. The number of nitrogens with one attached hydrogen (secondary N) is 1. The predicted molar refractivity (Wildman–Crippen MR) is 213 cm³/mol. The number of nitrogens with two attached hydrogens (primary N) is 1. The Kier molecular flexibility index (Phi) is 11.3. The summed E-state index contributed by atoms with van der Waals surface area (Å²) in [5, 5.41) is 20.1. The number of nitrogens with zero attached hydrogens (tertiary/aromatic N) is 7. The molecule has 16 heteroatoms. The first-order chi connectivity index (χ1) is 28.1. The average molecular weight is 808 g/mol. The third kappa shape index (κ3) is 8.08. The van der Waals surface area contributed by atoms with E-state index in [0.29, 0.717) is 22.3 Å². The van der Waals surface area contributed by atoms with E-state index in [1.54, 1.807) is 36.4 Å². The Morgan fingerprint density at radius 2 is 1.67 bits per heavy atom. The maximum atomic E-state index is 13.9. The second-order valence-corrected chi connectivity index (χ2v) is 16.4. The van der Waals surface area contributed by atoms with Gasteiger partial charge in [-0.15, -0.1) is 10.2 Å². The largest absolute Gasteiger partial charge is 0.490 e. The van der Waals surface area contributed by atoms with Gasteiger partial charge in [0.2, 0.25) is 11.8 Å². The van der Waals surface area contributed by atoms with E-state index >= 15 is 0 Å². The Morgan fingerprint density at radius 1 is 0.897 bits per heavy atom. The number of nitriles is 1. The van der Waals surface area contributed by atoms with Crippen molar-refractivity contribution in [1.29, 1.82) is 5.26 Å². The highest BCUT2D eigenvalue weighted by Gasteiger charge is 2.45. The molecule has 4 fully saturated rings. The minimum atomic E-state index is -1.03. The fourth-order valence-electron chi connectivity index (χ4n) is 9.39. The van der Waals surface area contributed by atoms with Gasteiger partial charge in [-0.3, -0.25) is 34.2 Å². The number of halogens is 1. The highest BCUT2D eigenvalue weighted by molar-refractivity contribution is 6.31. The van der Waals surface area contributed by atoms with Gasteiger partial charge >= 0.3 is 0 Å². The summed E-state index contributed by atoms with van der Waals surface area (Å²) in [6.45, 7) is 4.51. The lowest BCUT2D eigenvalue weighted by atomic mass is 9.88. The van der Waals surface area contributed by atoms with Crippen molar-refractivity contribution in [1.82, 2.24) is 25.3 Å². The molecule has 3 saturated heterocycles. The fraction of sp³-hybridized carbons (Fsp3) is 0.476. The first kappa shape index (κ1) is 39.2. The van der Waals surface area contributed by atoms with Gasteiger partial charge in [-0.1, -0.05) is 11.6 Å². The summed E-state index contributed by atoms with van der Waals surface area (Å²) in [5.41, 5.74) is 7.31. The fourth-order valence-corrected chi connectivity index (χ4v) is 9.60. The molecule has 2 aromatic carbocycles. The molecule has 4 aliphatic heterocycles. The Labute approximate surface area is 341 Å². The molecule has 8 rings (SSSR count). The van der Waals surface area contributed by atoms with Crippen molar-refractivity contribution in [2.24, 2.45) is 11.7 Å². The summed E-state index contributed by atoms with van der Waals surface area (Å²) in [7, 11) is 0. The highest BCUT2D eigenvalue weighted by atomic mass is 35.5. The summed E-state index contributed by atoms with van der Waals surface area (Å²) < 4.78 is 6.35. The molecule has 15 nitrogen and oxygen atoms in total. The van der Waals surface area contributed by atoms with Gasteiger partial charge in [-0.25, -0.2) is 0 Å². The number of ether oxygens (including phenoxy) is 1. The lowest BCUT2D eigenvalue weighted by Crippen LogP contribution is -2.54. The van der Waals surface area contributed by atoms with Crippen LogP contribution in [0.25, 0.3) is 0 Å². The van der Waals surface area contributed by atoms with Crippen LogP contribution >= 0.6 is 11.6 Å². The standard InChI is InChI=1S/C42H46ClN9O6/c43-34-21-31(7-3-26(34)22-44)58-30-8-4-27(5-9-30)51(28-6-10-32-33(20-28)42(57)52(41(32)56)36-12-14-38(53)46-40(36)55)29-2-1-17-49(24-29)23-25-15-18-50(19-16-25)37-13-11-35(39(45)54)47-48-37/h3,6-7,10-11,13,20-21,25,27,29-30,36H,1-2,4-5,8-9,12,14-19,23-24H2,(H2,45,54)(H,46,53,55)/t27?,29-,30?,36-/m0/s1. The number of imide groups is 2. The summed E-state index contributed by atoms with van der Waals surface area (Å²) in [4.78, 5) is 71.8. The lowest BCUT2D eigenvalue weighted by Gasteiger charge is -2.47. The number of piperidine rings is 3. The van der Waals surface area contributed by atoms with Crippen LogP contribution < -0.4 is 25.6 Å². The zero-order chi connectivity index (χ0) is 40.5. The Hall–Kier alpha value is -5.59. The van der Waals surface area contributed by atoms with E-state index in [9.17, 15) is 29.2 Å². The number of anilines is 2. The first-order valence-corrected chi connectivity index (χ1v) is 20.5. The molecule has 58 heavy (non-hydrogen) atoms. The minimum Gasteiger partial charge on any atom is -0.490 e. The molecule has 0 unspecified atom stereocenters. The Bertz CT molecular complexity index is 2140. The quantitative estimate of drug-likeness (QED) is 0.279. The zero-order valence-electron chi connectivity index (χ0n) is 32.1. The predicted octanol–water partition coefficient (Wildman–Crippen LogP) is 4.08. The third-order valence-electron chi connectivity index (χ3n) is 12.4. The van der Waals surface area contributed by atoms with Crippen LogP contribution in [-0.4, -0.2) is 106 Å². The third-order valence-corrected chi connectivity index (χ3v) is 12.7. The second-order valence-electron chi connectivity index (χ2n) is 16.0. The van der Waals surface area contributed by atoms with Crippen molar-refractivity contribution in [2.45, 2.75) is 88.4 Å². The van der Waals surface area contributed by atoms with Crippen LogP contribution in [0.1, 0.15) is 101 Å². The number of primary amides is 1. The van der Waals surface area contributed by atoms with Gasteiger partial charge in [0.25, 0.3) is 17.7 Å². The molecule has 2 atom stereocenters. The van der Waals surface area contributed by atoms with Crippen molar-refractivity contribution >= 4 is 52.6 Å². The van der Waals surface area contributed by atoms with Gasteiger partial charge < -0.3 is 25.2 Å². The van der Waals surface area contributed by atoms with Crippen LogP contribution in [0.5, 0.6) is 5.75 Å². The maximum Gasteiger partial charge on any atom is 0.269 e. The molecule has 5 heterocycles.